The van der Waals surface area contributed by atoms with E-state index in [0.717, 1.165) is 29.7 Å². The molecule has 154 valence electrons. The van der Waals surface area contributed by atoms with Crippen LogP contribution in [0.4, 0.5) is 5.69 Å². The number of aliphatic imine (C=N–C) groups is 1. The lowest BCUT2D eigenvalue weighted by molar-refractivity contribution is -0.115. The molecule has 0 unspecified atom stereocenters. The summed E-state index contributed by atoms with van der Waals surface area (Å²) in [5.74, 6) is -0.205. The number of thioether (sulfide) groups is 1. The molecule has 0 aliphatic carbocycles. The van der Waals surface area contributed by atoms with Gasteiger partial charge in [-0.15, -0.1) is 0 Å². The molecule has 1 aliphatic heterocycles. The number of carbonyl (C=O) groups excluding carboxylic acids is 1. The summed E-state index contributed by atoms with van der Waals surface area (Å²) in [5.41, 5.74) is 3.32. The summed E-state index contributed by atoms with van der Waals surface area (Å²) in [7, 11) is 4.08. The van der Waals surface area contributed by atoms with Crippen molar-refractivity contribution in [2.45, 2.75) is 6.54 Å². The quantitative estimate of drug-likeness (QED) is 0.556. The molecule has 0 saturated carbocycles. The fraction of sp³-hybridized carbons (Fsp3) is 0.190. The van der Waals surface area contributed by atoms with Crippen LogP contribution in [0.5, 0.6) is 0 Å². The Kier molecular flexibility index (Phi) is 6.15. The Morgan fingerprint density at radius 1 is 1.23 bits per heavy atom. The second-order valence-corrected chi connectivity index (χ2v) is 8.89. The third-order valence-corrected chi connectivity index (χ3v) is 6.05. The number of amidine groups is 1. The van der Waals surface area contributed by atoms with Crippen LogP contribution in [0, 0.1) is 0 Å². The van der Waals surface area contributed by atoms with Crippen LogP contribution < -0.4 is 5.32 Å². The van der Waals surface area contributed by atoms with E-state index in [4.69, 9.17) is 23.2 Å². The Morgan fingerprint density at radius 3 is 2.73 bits per heavy atom. The number of para-hydroxylation sites is 1. The van der Waals surface area contributed by atoms with Gasteiger partial charge in [0.1, 0.15) is 5.69 Å². The number of likely N-dealkylation sites (N-methyl/N-ethyl adjacent to an activating group) is 1. The highest BCUT2D eigenvalue weighted by Crippen LogP contribution is 2.35. The standard InChI is InChI=1S/C21H19Cl2N5OS/c1-27(2)8-9-28-12-24-16-7-6-13(10-17(16)28)11-18-20(29)26-21(30-18)25-19-14(22)4-3-5-15(19)23/h3-7,10-12H,8-9H2,1-2H3,(H,25,26,29). The highest BCUT2D eigenvalue weighted by atomic mass is 35.5. The summed E-state index contributed by atoms with van der Waals surface area (Å²) < 4.78 is 2.12. The van der Waals surface area contributed by atoms with E-state index in [9.17, 15) is 4.79 Å². The largest absolute Gasteiger partial charge is 0.329 e. The normalized spacial score (nSPS) is 16.9. The van der Waals surface area contributed by atoms with E-state index in [0.29, 0.717) is 25.8 Å². The summed E-state index contributed by atoms with van der Waals surface area (Å²) in [6, 6.07) is 11.1. The topological polar surface area (TPSA) is 62.5 Å². The van der Waals surface area contributed by atoms with Crippen molar-refractivity contribution in [2.24, 2.45) is 4.99 Å². The lowest BCUT2D eigenvalue weighted by Crippen LogP contribution is -2.19. The molecular weight excluding hydrogens is 441 g/mol. The minimum atomic E-state index is -0.205. The summed E-state index contributed by atoms with van der Waals surface area (Å²) >= 11 is 13.6. The lowest BCUT2D eigenvalue weighted by atomic mass is 10.2. The van der Waals surface area contributed by atoms with Crippen LogP contribution in [-0.2, 0) is 11.3 Å². The third kappa shape index (κ3) is 4.54. The van der Waals surface area contributed by atoms with Crippen molar-refractivity contribution in [3.8, 4) is 0 Å². The van der Waals surface area contributed by atoms with Gasteiger partial charge in [0.2, 0.25) is 0 Å². The van der Waals surface area contributed by atoms with Crippen molar-refractivity contribution in [1.29, 1.82) is 0 Å². The van der Waals surface area contributed by atoms with E-state index >= 15 is 0 Å². The van der Waals surface area contributed by atoms with Crippen LogP contribution in [0.25, 0.3) is 17.1 Å². The number of fused-ring (bicyclic) bond motifs is 1. The maximum Gasteiger partial charge on any atom is 0.264 e. The van der Waals surface area contributed by atoms with Gasteiger partial charge in [-0.05, 0) is 61.8 Å². The van der Waals surface area contributed by atoms with Crippen molar-refractivity contribution in [3.05, 3.63) is 63.2 Å². The maximum absolute atomic E-state index is 12.4. The molecule has 1 N–H and O–H groups in total. The molecule has 3 aromatic rings. The van der Waals surface area contributed by atoms with Gasteiger partial charge in [0.05, 0.1) is 32.3 Å². The minimum absolute atomic E-state index is 0.205. The van der Waals surface area contributed by atoms with E-state index in [1.165, 1.54) is 11.8 Å². The van der Waals surface area contributed by atoms with E-state index in [1.54, 1.807) is 18.2 Å². The molecule has 0 atom stereocenters. The van der Waals surface area contributed by atoms with Crippen molar-refractivity contribution in [2.75, 3.05) is 20.6 Å². The Labute approximate surface area is 188 Å². The second-order valence-electron chi connectivity index (χ2n) is 7.04. The molecule has 0 radical (unpaired) electrons. The van der Waals surface area contributed by atoms with Gasteiger partial charge >= 0.3 is 0 Å². The highest BCUT2D eigenvalue weighted by Gasteiger charge is 2.24. The van der Waals surface area contributed by atoms with Crippen LogP contribution in [0.2, 0.25) is 10.0 Å². The number of benzene rings is 2. The number of hydrogen-bond donors (Lipinski definition) is 1. The number of nitrogens with one attached hydrogen (secondary N) is 1. The molecule has 2 aromatic carbocycles. The van der Waals surface area contributed by atoms with Crippen LogP contribution in [0.3, 0.4) is 0 Å². The monoisotopic (exact) mass is 459 g/mol. The molecule has 6 nitrogen and oxygen atoms in total. The van der Waals surface area contributed by atoms with Gasteiger partial charge in [-0.3, -0.25) is 4.79 Å². The minimum Gasteiger partial charge on any atom is -0.329 e. The van der Waals surface area contributed by atoms with E-state index < -0.39 is 0 Å². The zero-order valence-electron chi connectivity index (χ0n) is 16.4. The van der Waals surface area contributed by atoms with Gasteiger partial charge in [-0.25, -0.2) is 9.98 Å². The fourth-order valence-corrected chi connectivity index (χ4v) is 4.29. The SMILES string of the molecule is CN(C)CCn1cnc2ccc(C=C3SC(=Nc4c(Cl)cccc4Cl)NC3=O)cc21. The Morgan fingerprint density at radius 2 is 2.00 bits per heavy atom. The smallest absolute Gasteiger partial charge is 0.264 e. The second kappa shape index (κ2) is 8.81. The Hall–Kier alpha value is -2.32. The zero-order chi connectivity index (χ0) is 21.3. The molecule has 1 amide bonds. The van der Waals surface area contributed by atoms with Crippen LogP contribution in [0.15, 0.2) is 52.6 Å². The first-order valence-corrected chi connectivity index (χ1v) is 10.8. The van der Waals surface area contributed by atoms with Crippen LogP contribution in [-0.4, -0.2) is 46.2 Å². The van der Waals surface area contributed by atoms with Crippen molar-refractivity contribution in [3.63, 3.8) is 0 Å². The summed E-state index contributed by atoms with van der Waals surface area (Å²) in [5, 5.41) is 4.07. The van der Waals surface area contributed by atoms with Gasteiger partial charge in [0.15, 0.2) is 5.17 Å². The molecular formula is C21H19Cl2N5OS. The predicted molar refractivity (Wildman–Crippen MR) is 126 cm³/mol. The van der Waals surface area contributed by atoms with E-state index in [2.05, 4.69) is 24.8 Å². The molecule has 4 rings (SSSR count). The number of rotatable bonds is 5. The average molecular weight is 460 g/mol. The number of amides is 1. The molecule has 0 spiro atoms. The van der Waals surface area contributed by atoms with Crippen molar-refractivity contribution < 1.29 is 4.79 Å². The maximum atomic E-state index is 12.4. The van der Waals surface area contributed by atoms with Crippen LogP contribution >= 0.6 is 35.0 Å². The number of halogens is 2. The molecule has 1 fully saturated rings. The van der Waals surface area contributed by atoms with Gasteiger partial charge < -0.3 is 14.8 Å². The van der Waals surface area contributed by atoms with E-state index in [1.807, 2.05) is 44.7 Å². The molecule has 2 heterocycles. The van der Waals surface area contributed by atoms with Crippen molar-refractivity contribution >= 4 is 68.8 Å². The number of nitrogens with zero attached hydrogens (tertiary/aromatic N) is 4. The Bertz CT molecular complexity index is 1170. The Balaban J connectivity index is 1.60. The van der Waals surface area contributed by atoms with Crippen molar-refractivity contribution in [1.82, 2.24) is 19.8 Å². The summed E-state index contributed by atoms with van der Waals surface area (Å²) in [6.07, 6.45) is 3.69. The van der Waals surface area contributed by atoms with E-state index in [-0.39, 0.29) is 5.91 Å². The lowest BCUT2D eigenvalue weighted by Gasteiger charge is -2.10. The number of imidazole rings is 1. The summed E-state index contributed by atoms with van der Waals surface area (Å²) in [6.45, 7) is 1.76. The molecule has 1 aromatic heterocycles. The first-order chi connectivity index (χ1) is 14.4. The fourth-order valence-electron chi connectivity index (χ4n) is 2.98. The first kappa shape index (κ1) is 20.9. The molecule has 0 bridgehead atoms. The molecule has 1 saturated heterocycles. The van der Waals surface area contributed by atoms with Gasteiger partial charge in [-0.2, -0.15) is 0 Å². The highest BCUT2D eigenvalue weighted by molar-refractivity contribution is 8.18. The van der Waals surface area contributed by atoms with Gasteiger partial charge in [0, 0.05) is 13.1 Å². The zero-order valence-corrected chi connectivity index (χ0v) is 18.7. The average Bonchev–Trinajstić information content (AvgIpc) is 3.26. The molecule has 1 aliphatic rings. The number of aromatic nitrogens is 2. The molecule has 9 heteroatoms. The van der Waals surface area contributed by atoms with Crippen LogP contribution in [0.1, 0.15) is 5.56 Å². The predicted octanol–water partition coefficient (Wildman–Crippen LogP) is 4.80. The first-order valence-electron chi connectivity index (χ1n) is 9.24. The molecule has 30 heavy (non-hydrogen) atoms. The number of carbonyl (C=O) groups is 1. The third-order valence-electron chi connectivity index (χ3n) is 4.53. The summed E-state index contributed by atoms with van der Waals surface area (Å²) in [4.78, 5) is 24.0. The number of hydrogen-bond acceptors (Lipinski definition) is 5. The van der Waals surface area contributed by atoms with Gasteiger partial charge in [-0.1, -0.05) is 35.3 Å². The van der Waals surface area contributed by atoms with Gasteiger partial charge in [0.25, 0.3) is 5.91 Å².